The summed E-state index contributed by atoms with van der Waals surface area (Å²) in [4.78, 5) is 14.1. The van der Waals surface area contributed by atoms with Crippen LogP contribution >= 0.6 is 22.6 Å². The first-order valence-corrected chi connectivity index (χ1v) is 9.25. The van der Waals surface area contributed by atoms with Crippen molar-refractivity contribution in [2.75, 3.05) is 39.0 Å². The Balaban J connectivity index is 1.89. The third-order valence-electron chi connectivity index (χ3n) is 3.33. The number of Topliss-reactive ketones (excluding diaryl/α,β-unsaturated/α-hetero) is 1. The van der Waals surface area contributed by atoms with Crippen molar-refractivity contribution >= 4 is 38.4 Å². The Morgan fingerprint density at radius 2 is 1.70 bits per heavy atom. The predicted molar refractivity (Wildman–Crippen MR) is 86.3 cm³/mol. The average molecular weight is 408 g/mol. The van der Waals surface area contributed by atoms with Gasteiger partial charge in [0.05, 0.1) is 12.8 Å². The maximum Gasteiger partial charge on any atom is 0.211 e. The Labute approximate surface area is 133 Å². The van der Waals surface area contributed by atoms with Crippen molar-refractivity contribution < 1.29 is 13.2 Å². The molecule has 1 saturated heterocycles. The lowest BCUT2D eigenvalue weighted by Crippen LogP contribution is -2.49. The van der Waals surface area contributed by atoms with Gasteiger partial charge in [0.25, 0.3) is 0 Å². The molecule has 7 heteroatoms. The highest BCUT2D eigenvalue weighted by atomic mass is 127. The minimum atomic E-state index is -3.11. The predicted octanol–water partition coefficient (Wildman–Crippen LogP) is 1.05. The number of sulfonamides is 1. The van der Waals surface area contributed by atoms with E-state index >= 15 is 0 Å². The largest absolute Gasteiger partial charge is 0.293 e. The fourth-order valence-electron chi connectivity index (χ4n) is 2.15. The SMILES string of the molecule is CS(=O)(=O)N1CCN(CC(=O)c2ccc(I)cc2)CC1. The van der Waals surface area contributed by atoms with Crippen LogP contribution < -0.4 is 0 Å². The third kappa shape index (κ3) is 4.24. The van der Waals surface area contributed by atoms with E-state index in [9.17, 15) is 13.2 Å². The molecule has 1 aliphatic heterocycles. The molecular weight excluding hydrogens is 391 g/mol. The van der Waals surface area contributed by atoms with Crippen molar-refractivity contribution in [2.45, 2.75) is 0 Å². The van der Waals surface area contributed by atoms with E-state index < -0.39 is 10.0 Å². The smallest absolute Gasteiger partial charge is 0.211 e. The van der Waals surface area contributed by atoms with Crippen LogP contribution in [-0.2, 0) is 10.0 Å². The summed E-state index contributed by atoms with van der Waals surface area (Å²) in [6.07, 6.45) is 1.22. The van der Waals surface area contributed by atoms with E-state index in [0.717, 1.165) is 3.57 Å². The number of hydrogen-bond acceptors (Lipinski definition) is 4. The normalized spacial score (nSPS) is 18.1. The lowest BCUT2D eigenvalue weighted by molar-refractivity contribution is 0.0902. The van der Waals surface area contributed by atoms with Crippen LogP contribution in [0.3, 0.4) is 0 Å². The minimum Gasteiger partial charge on any atom is -0.293 e. The molecule has 0 aromatic heterocycles. The molecule has 2 rings (SSSR count). The highest BCUT2D eigenvalue weighted by Gasteiger charge is 2.24. The Bertz CT molecular complexity index is 578. The lowest BCUT2D eigenvalue weighted by atomic mass is 10.1. The van der Waals surface area contributed by atoms with Gasteiger partial charge in [-0.05, 0) is 34.7 Å². The highest BCUT2D eigenvalue weighted by Crippen LogP contribution is 2.10. The maximum atomic E-state index is 12.1. The van der Waals surface area contributed by atoms with Crippen LogP contribution in [0.2, 0.25) is 0 Å². The van der Waals surface area contributed by atoms with Gasteiger partial charge in [0.1, 0.15) is 0 Å². The molecule has 20 heavy (non-hydrogen) atoms. The molecule has 1 heterocycles. The molecule has 5 nitrogen and oxygen atoms in total. The monoisotopic (exact) mass is 408 g/mol. The summed E-state index contributed by atoms with van der Waals surface area (Å²) in [5.74, 6) is 0.0780. The van der Waals surface area contributed by atoms with Crippen molar-refractivity contribution in [2.24, 2.45) is 0 Å². The van der Waals surface area contributed by atoms with Crippen LogP contribution in [-0.4, -0.2) is 62.4 Å². The third-order valence-corrected chi connectivity index (χ3v) is 5.36. The molecule has 0 aliphatic carbocycles. The summed E-state index contributed by atoms with van der Waals surface area (Å²) in [5, 5.41) is 0. The van der Waals surface area contributed by atoms with Crippen molar-refractivity contribution in [3.05, 3.63) is 33.4 Å². The van der Waals surface area contributed by atoms with Crippen molar-refractivity contribution in [1.82, 2.24) is 9.21 Å². The summed E-state index contributed by atoms with van der Waals surface area (Å²) >= 11 is 2.20. The Hall–Kier alpha value is -0.510. The number of carbonyl (C=O) groups is 1. The summed E-state index contributed by atoms with van der Waals surface area (Å²) in [6.45, 7) is 2.46. The summed E-state index contributed by atoms with van der Waals surface area (Å²) in [7, 11) is -3.11. The zero-order chi connectivity index (χ0) is 14.8. The first-order valence-electron chi connectivity index (χ1n) is 6.32. The van der Waals surface area contributed by atoms with Gasteiger partial charge in [0.2, 0.25) is 10.0 Å². The Morgan fingerprint density at radius 3 is 2.20 bits per heavy atom. The lowest BCUT2D eigenvalue weighted by Gasteiger charge is -2.32. The van der Waals surface area contributed by atoms with E-state index in [1.54, 1.807) is 0 Å². The number of hydrogen-bond donors (Lipinski definition) is 0. The standard InChI is InChI=1S/C13H17IN2O3S/c1-20(18,19)16-8-6-15(7-9-16)10-13(17)11-2-4-12(14)5-3-11/h2-5H,6-10H2,1H3. The topological polar surface area (TPSA) is 57.7 Å². The molecule has 0 radical (unpaired) electrons. The Morgan fingerprint density at radius 1 is 1.15 bits per heavy atom. The minimum absolute atomic E-state index is 0.0780. The van der Waals surface area contributed by atoms with Crippen LogP contribution in [0.1, 0.15) is 10.4 Å². The van der Waals surface area contributed by atoms with E-state index in [4.69, 9.17) is 0 Å². The zero-order valence-electron chi connectivity index (χ0n) is 11.3. The van der Waals surface area contributed by atoms with E-state index in [1.165, 1.54) is 10.6 Å². The number of ketones is 1. The number of rotatable bonds is 4. The molecule has 0 bridgehead atoms. The van der Waals surface area contributed by atoms with E-state index in [1.807, 2.05) is 29.2 Å². The second-order valence-electron chi connectivity index (χ2n) is 4.87. The molecule has 1 aliphatic rings. The van der Waals surface area contributed by atoms with Crippen LogP contribution in [0.25, 0.3) is 0 Å². The maximum absolute atomic E-state index is 12.1. The average Bonchev–Trinajstić information content (AvgIpc) is 2.39. The molecule has 0 saturated carbocycles. The van der Waals surface area contributed by atoms with Gasteiger partial charge in [-0.2, -0.15) is 4.31 Å². The van der Waals surface area contributed by atoms with Gasteiger partial charge in [-0.3, -0.25) is 9.69 Å². The molecule has 1 fully saturated rings. The first-order chi connectivity index (χ1) is 9.36. The van der Waals surface area contributed by atoms with Crippen LogP contribution in [0.5, 0.6) is 0 Å². The summed E-state index contributed by atoms with van der Waals surface area (Å²) < 4.78 is 25.4. The first kappa shape index (κ1) is 15.9. The van der Waals surface area contributed by atoms with Gasteiger partial charge < -0.3 is 0 Å². The molecule has 110 valence electrons. The van der Waals surface area contributed by atoms with Crippen molar-refractivity contribution in [3.63, 3.8) is 0 Å². The summed E-state index contributed by atoms with van der Waals surface area (Å²) in [6, 6.07) is 7.48. The van der Waals surface area contributed by atoms with Crippen LogP contribution in [0.15, 0.2) is 24.3 Å². The van der Waals surface area contributed by atoms with Gasteiger partial charge in [-0.1, -0.05) is 12.1 Å². The molecule has 0 atom stereocenters. The zero-order valence-corrected chi connectivity index (χ0v) is 14.2. The summed E-state index contributed by atoms with van der Waals surface area (Å²) in [5.41, 5.74) is 0.705. The van der Waals surface area contributed by atoms with Gasteiger partial charge in [0.15, 0.2) is 5.78 Å². The number of benzene rings is 1. The number of piperazine rings is 1. The van der Waals surface area contributed by atoms with E-state index in [-0.39, 0.29) is 5.78 Å². The molecular formula is C13H17IN2O3S. The second-order valence-corrected chi connectivity index (χ2v) is 8.10. The van der Waals surface area contributed by atoms with Gasteiger partial charge in [-0.25, -0.2) is 8.42 Å². The van der Waals surface area contributed by atoms with Crippen molar-refractivity contribution in [1.29, 1.82) is 0 Å². The molecule has 1 aromatic carbocycles. The van der Waals surface area contributed by atoms with Crippen LogP contribution in [0.4, 0.5) is 0 Å². The van der Waals surface area contributed by atoms with Gasteiger partial charge in [0, 0.05) is 35.3 Å². The molecule has 0 unspecified atom stereocenters. The second kappa shape index (κ2) is 6.50. The Kier molecular flexibility index (Phi) is 5.16. The quantitative estimate of drug-likeness (QED) is 0.552. The van der Waals surface area contributed by atoms with Gasteiger partial charge >= 0.3 is 0 Å². The fraction of sp³-hybridized carbons (Fsp3) is 0.462. The molecule has 1 aromatic rings. The van der Waals surface area contributed by atoms with E-state index in [0.29, 0.717) is 38.3 Å². The van der Waals surface area contributed by atoms with E-state index in [2.05, 4.69) is 22.6 Å². The molecule has 0 spiro atoms. The fourth-order valence-corrected chi connectivity index (χ4v) is 3.34. The van der Waals surface area contributed by atoms with Crippen LogP contribution in [0, 0.1) is 3.57 Å². The molecule has 0 amide bonds. The number of halogens is 1. The number of carbonyl (C=O) groups excluding carboxylic acids is 1. The number of nitrogens with zero attached hydrogens (tertiary/aromatic N) is 2. The van der Waals surface area contributed by atoms with Gasteiger partial charge in [-0.15, -0.1) is 0 Å². The highest BCUT2D eigenvalue weighted by molar-refractivity contribution is 14.1. The molecule has 0 N–H and O–H groups in total. The van der Waals surface area contributed by atoms with Crippen molar-refractivity contribution in [3.8, 4) is 0 Å².